The van der Waals surface area contributed by atoms with E-state index in [4.69, 9.17) is 0 Å². The van der Waals surface area contributed by atoms with Gasteiger partial charge >= 0.3 is 0 Å². The summed E-state index contributed by atoms with van der Waals surface area (Å²) in [5.74, 6) is 2.94. The first-order valence-electron chi connectivity index (χ1n) is 11.5. The van der Waals surface area contributed by atoms with E-state index in [0.717, 1.165) is 17.8 Å². The van der Waals surface area contributed by atoms with E-state index >= 15 is 0 Å². The lowest BCUT2D eigenvalue weighted by molar-refractivity contribution is 0.165. The first-order valence-corrected chi connectivity index (χ1v) is 11.5. The van der Waals surface area contributed by atoms with E-state index in [1.54, 1.807) is 0 Å². The van der Waals surface area contributed by atoms with Crippen LogP contribution >= 0.6 is 0 Å². The summed E-state index contributed by atoms with van der Waals surface area (Å²) in [7, 11) is 0. The van der Waals surface area contributed by atoms with Crippen LogP contribution in [0.5, 0.6) is 0 Å². The van der Waals surface area contributed by atoms with Gasteiger partial charge in [0.05, 0.1) is 0 Å². The van der Waals surface area contributed by atoms with Crippen LogP contribution in [0, 0.1) is 31.6 Å². The van der Waals surface area contributed by atoms with Gasteiger partial charge in [-0.15, -0.1) is 0 Å². The number of aryl methyl sites for hydroxylation is 2. The summed E-state index contributed by atoms with van der Waals surface area (Å²) in [6.07, 6.45) is 11.4. The highest BCUT2D eigenvalue weighted by molar-refractivity contribution is 5.65. The molecular formula is C27H37N. The first-order chi connectivity index (χ1) is 13.6. The van der Waals surface area contributed by atoms with Gasteiger partial charge in [0.15, 0.2) is 0 Å². The van der Waals surface area contributed by atoms with E-state index in [1.165, 1.54) is 73.9 Å². The smallest absolute Gasteiger partial charge is 0.0416 e. The Labute approximate surface area is 172 Å². The van der Waals surface area contributed by atoms with Gasteiger partial charge in [-0.1, -0.05) is 44.0 Å². The molecule has 0 atom stereocenters. The zero-order valence-electron chi connectivity index (χ0n) is 18.0. The van der Waals surface area contributed by atoms with Gasteiger partial charge in [-0.3, -0.25) is 0 Å². The van der Waals surface area contributed by atoms with Crippen LogP contribution in [0.1, 0.15) is 69.4 Å². The normalized spacial score (nSPS) is 28.1. The van der Waals surface area contributed by atoms with Gasteiger partial charge in [0.1, 0.15) is 0 Å². The SMILES string of the molecule is Cc1cccc(N(c2cccc(C)c2)C2CCC(C3CCC(C)CC3)CC2)c1. The third-order valence-corrected chi connectivity index (χ3v) is 7.39. The molecule has 0 spiro atoms. The minimum Gasteiger partial charge on any atom is -0.338 e. The molecule has 28 heavy (non-hydrogen) atoms. The van der Waals surface area contributed by atoms with Crippen LogP contribution in [0.4, 0.5) is 11.4 Å². The largest absolute Gasteiger partial charge is 0.338 e. The molecule has 150 valence electrons. The van der Waals surface area contributed by atoms with Gasteiger partial charge in [-0.25, -0.2) is 0 Å². The molecule has 1 nitrogen and oxygen atoms in total. The van der Waals surface area contributed by atoms with Gasteiger partial charge in [0.2, 0.25) is 0 Å². The molecule has 0 amide bonds. The molecule has 0 aromatic heterocycles. The van der Waals surface area contributed by atoms with Crippen molar-refractivity contribution in [3.05, 3.63) is 59.7 Å². The molecule has 0 aliphatic heterocycles. The number of nitrogens with zero attached hydrogens (tertiary/aromatic N) is 1. The molecule has 0 N–H and O–H groups in total. The van der Waals surface area contributed by atoms with Crippen molar-refractivity contribution >= 4 is 11.4 Å². The van der Waals surface area contributed by atoms with Gasteiger partial charge in [0, 0.05) is 17.4 Å². The lowest BCUT2D eigenvalue weighted by atomic mass is 9.70. The zero-order chi connectivity index (χ0) is 19.5. The Bertz CT molecular complexity index is 718. The summed E-state index contributed by atoms with van der Waals surface area (Å²) in [4.78, 5) is 2.64. The molecule has 2 aliphatic carbocycles. The summed E-state index contributed by atoms with van der Waals surface area (Å²) < 4.78 is 0. The van der Waals surface area contributed by atoms with Crippen molar-refractivity contribution in [2.75, 3.05) is 4.90 Å². The Balaban J connectivity index is 1.51. The first kappa shape index (κ1) is 19.6. The second-order valence-electron chi connectivity index (χ2n) is 9.64. The summed E-state index contributed by atoms with van der Waals surface area (Å²) in [5, 5.41) is 0. The van der Waals surface area contributed by atoms with Crippen LogP contribution in [0.3, 0.4) is 0 Å². The molecule has 4 rings (SSSR count). The van der Waals surface area contributed by atoms with Crippen molar-refractivity contribution in [1.82, 2.24) is 0 Å². The van der Waals surface area contributed by atoms with Crippen LogP contribution in [-0.2, 0) is 0 Å². The lowest BCUT2D eigenvalue weighted by Gasteiger charge is -2.42. The quantitative estimate of drug-likeness (QED) is 0.526. The lowest BCUT2D eigenvalue weighted by Crippen LogP contribution is -2.36. The zero-order valence-corrected chi connectivity index (χ0v) is 18.0. The monoisotopic (exact) mass is 375 g/mol. The minimum absolute atomic E-state index is 0.627. The van der Waals surface area contributed by atoms with Gasteiger partial charge in [-0.05, 0) is 106 Å². The average Bonchev–Trinajstić information content (AvgIpc) is 2.70. The maximum Gasteiger partial charge on any atom is 0.0416 e. The third kappa shape index (κ3) is 4.45. The number of hydrogen-bond acceptors (Lipinski definition) is 1. The van der Waals surface area contributed by atoms with E-state index in [9.17, 15) is 0 Å². The van der Waals surface area contributed by atoms with Gasteiger partial charge < -0.3 is 4.90 Å². The molecule has 2 aliphatic rings. The Morgan fingerprint density at radius 3 is 1.57 bits per heavy atom. The Kier molecular flexibility index (Phi) is 6.09. The van der Waals surface area contributed by atoms with Crippen molar-refractivity contribution in [3.63, 3.8) is 0 Å². The predicted octanol–water partition coefficient (Wildman–Crippen LogP) is 7.83. The van der Waals surface area contributed by atoms with E-state index in [2.05, 4.69) is 74.2 Å². The fraction of sp³-hybridized carbons (Fsp3) is 0.556. The molecule has 0 bridgehead atoms. The highest BCUT2D eigenvalue weighted by Crippen LogP contribution is 2.42. The van der Waals surface area contributed by atoms with Crippen LogP contribution < -0.4 is 4.90 Å². The van der Waals surface area contributed by atoms with Gasteiger partial charge in [-0.2, -0.15) is 0 Å². The molecule has 0 saturated heterocycles. The second kappa shape index (κ2) is 8.72. The molecule has 0 heterocycles. The number of hydrogen-bond donors (Lipinski definition) is 0. The maximum atomic E-state index is 2.64. The fourth-order valence-electron chi connectivity index (χ4n) is 5.71. The topological polar surface area (TPSA) is 3.24 Å². The number of anilines is 2. The third-order valence-electron chi connectivity index (χ3n) is 7.39. The molecule has 0 unspecified atom stereocenters. The van der Waals surface area contributed by atoms with E-state index in [1.807, 2.05) is 0 Å². The summed E-state index contributed by atoms with van der Waals surface area (Å²) in [5.41, 5.74) is 5.42. The van der Waals surface area contributed by atoms with Gasteiger partial charge in [0.25, 0.3) is 0 Å². The molecule has 1 heteroatoms. The van der Waals surface area contributed by atoms with E-state index < -0.39 is 0 Å². The summed E-state index contributed by atoms with van der Waals surface area (Å²) in [6.45, 7) is 6.85. The molecule has 2 aromatic carbocycles. The molecule has 0 radical (unpaired) electrons. The van der Waals surface area contributed by atoms with Crippen molar-refractivity contribution < 1.29 is 0 Å². The Morgan fingerprint density at radius 1 is 0.643 bits per heavy atom. The standard InChI is InChI=1S/C27H37N/c1-20-10-12-23(13-11-20)24-14-16-25(17-15-24)28(26-8-4-6-21(2)18-26)27-9-5-7-22(3)19-27/h4-9,18-20,23-25H,10-17H2,1-3H3. The van der Waals surface area contributed by atoms with Crippen molar-refractivity contribution in [2.24, 2.45) is 17.8 Å². The highest BCUT2D eigenvalue weighted by Gasteiger charge is 2.32. The van der Waals surface area contributed by atoms with E-state index in [-0.39, 0.29) is 0 Å². The molecule has 2 saturated carbocycles. The minimum atomic E-state index is 0.627. The van der Waals surface area contributed by atoms with E-state index in [0.29, 0.717) is 6.04 Å². The Morgan fingerprint density at radius 2 is 1.11 bits per heavy atom. The summed E-state index contributed by atoms with van der Waals surface area (Å²) in [6, 6.07) is 18.8. The van der Waals surface area contributed by atoms with Crippen LogP contribution in [0.2, 0.25) is 0 Å². The van der Waals surface area contributed by atoms with Crippen LogP contribution in [0.25, 0.3) is 0 Å². The molecular weight excluding hydrogens is 338 g/mol. The highest BCUT2D eigenvalue weighted by atomic mass is 15.2. The van der Waals surface area contributed by atoms with Crippen molar-refractivity contribution in [2.45, 2.75) is 78.2 Å². The number of rotatable bonds is 4. The van der Waals surface area contributed by atoms with Crippen LogP contribution in [-0.4, -0.2) is 6.04 Å². The molecule has 2 aromatic rings. The summed E-state index contributed by atoms with van der Waals surface area (Å²) >= 11 is 0. The fourth-order valence-corrected chi connectivity index (χ4v) is 5.71. The van der Waals surface area contributed by atoms with Crippen molar-refractivity contribution in [3.8, 4) is 0 Å². The molecule has 2 fully saturated rings. The van der Waals surface area contributed by atoms with Crippen LogP contribution in [0.15, 0.2) is 48.5 Å². The maximum absolute atomic E-state index is 2.64. The average molecular weight is 376 g/mol. The second-order valence-corrected chi connectivity index (χ2v) is 9.64. The Hall–Kier alpha value is -1.76. The van der Waals surface area contributed by atoms with Crippen molar-refractivity contribution in [1.29, 1.82) is 0 Å². The predicted molar refractivity (Wildman–Crippen MR) is 121 cm³/mol. The number of benzene rings is 2.